The van der Waals surface area contributed by atoms with Gasteiger partial charge in [-0.25, -0.2) is 0 Å². The number of nitrogens with zero attached hydrogens (tertiary/aromatic N) is 1. The van der Waals surface area contributed by atoms with E-state index in [9.17, 15) is 4.79 Å². The number of carbonyl (C=O) groups excluding carboxylic acids is 1. The summed E-state index contributed by atoms with van der Waals surface area (Å²) in [6.07, 6.45) is 7.36. The van der Waals surface area contributed by atoms with E-state index in [1.54, 1.807) is 18.6 Å². The van der Waals surface area contributed by atoms with E-state index in [-0.39, 0.29) is 11.9 Å². The molecule has 108 valence electrons. The van der Waals surface area contributed by atoms with Gasteiger partial charge in [0.05, 0.1) is 31.5 Å². The summed E-state index contributed by atoms with van der Waals surface area (Å²) in [4.78, 5) is 12.1. The van der Waals surface area contributed by atoms with Gasteiger partial charge in [0.1, 0.15) is 11.5 Å². The van der Waals surface area contributed by atoms with Crippen molar-refractivity contribution >= 4 is 5.91 Å². The summed E-state index contributed by atoms with van der Waals surface area (Å²) in [5.41, 5.74) is 0. The molecule has 0 saturated heterocycles. The summed E-state index contributed by atoms with van der Waals surface area (Å²) in [6.45, 7) is 0.391. The maximum Gasteiger partial charge on any atom is 0.222 e. The molecule has 1 amide bonds. The Labute approximate surface area is 122 Å². The third-order valence-electron chi connectivity index (χ3n) is 3.28. The number of amides is 1. The van der Waals surface area contributed by atoms with Crippen molar-refractivity contribution in [2.45, 2.75) is 19.0 Å². The number of furan rings is 2. The molecular weight excluding hydrogens is 268 g/mol. The van der Waals surface area contributed by atoms with Crippen LogP contribution in [0.25, 0.3) is 0 Å². The Bertz CT molecular complexity index is 620. The standard InChI is InChI=1S/C16H16N2O3/c19-16(17-12-13-5-3-9-20-13)11-14(15-6-4-10-21-15)18-7-1-2-8-18/h1-10,14H,11-12H2,(H,17,19). The second-order valence-corrected chi connectivity index (χ2v) is 4.72. The van der Waals surface area contributed by atoms with Crippen LogP contribution in [-0.2, 0) is 11.3 Å². The largest absolute Gasteiger partial charge is 0.467 e. The Morgan fingerprint density at radius 1 is 1.10 bits per heavy atom. The zero-order chi connectivity index (χ0) is 14.5. The van der Waals surface area contributed by atoms with Gasteiger partial charge in [0, 0.05) is 12.4 Å². The zero-order valence-corrected chi connectivity index (χ0v) is 11.4. The molecule has 0 aliphatic rings. The van der Waals surface area contributed by atoms with E-state index in [4.69, 9.17) is 8.83 Å². The maximum atomic E-state index is 12.1. The molecule has 5 heteroatoms. The van der Waals surface area contributed by atoms with Crippen molar-refractivity contribution < 1.29 is 13.6 Å². The second kappa shape index (κ2) is 6.17. The highest BCUT2D eigenvalue weighted by atomic mass is 16.3. The van der Waals surface area contributed by atoms with Crippen molar-refractivity contribution in [2.75, 3.05) is 0 Å². The summed E-state index contributed by atoms with van der Waals surface area (Å²) in [6, 6.07) is 11.0. The molecule has 0 bridgehead atoms. The summed E-state index contributed by atoms with van der Waals surface area (Å²) in [5, 5.41) is 2.85. The molecule has 3 aromatic heterocycles. The van der Waals surface area contributed by atoms with Gasteiger partial charge >= 0.3 is 0 Å². The van der Waals surface area contributed by atoms with Gasteiger partial charge in [0.2, 0.25) is 5.91 Å². The molecule has 0 radical (unpaired) electrons. The van der Waals surface area contributed by atoms with E-state index < -0.39 is 0 Å². The molecule has 0 aromatic carbocycles. The van der Waals surface area contributed by atoms with Crippen LogP contribution in [0, 0.1) is 0 Å². The van der Waals surface area contributed by atoms with Crippen LogP contribution in [0.5, 0.6) is 0 Å². The van der Waals surface area contributed by atoms with Gasteiger partial charge in [-0.3, -0.25) is 4.79 Å². The maximum absolute atomic E-state index is 12.1. The average molecular weight is 284 g/mol. The van der Waals surface area contributed by atoms with Crippen molar-refractivity contribution in [3.8, 4) is 0 Å². The second-order valence-electron chi connectivity index (χ2n) is 4.72. The van der Waals surface area contributed by atoms with Crippen LogP contribution in [0.15, 0.2) is 70.2 Å². The molecule has 21 heavy (non-hydrogen) atoms. The lowest BCUT2D eigenvalue weighted by atomic mass is 10.1. The molecular formula is C16H16N2O3. The molecule has 0 aliphatic carbocycles. The molecule has 0 saturated carbocycles. The lowest BCUT2D eigenvalue weighted by Gasteiger charge is -2.16. The van der Waals surface area contributed by atoms with E-state index in [1.165, 1.54) is 0 Å². The average Bonchev–Trinajstić information content (AvgIpc) is 3.26. The highest BCUT2D eigenvalue weighted by Gasteiger charge is 2.19. The van der Waals surface area contributed by atoms with Crippen LogP contribution < -0.4 is 5.32 Å². The quantitative estimate of drug-likeness (QED) is 0.757. The molecule has 1 N–H and O–H groups in total. The van der Waals surface area contributed by atoms with Gasteiger partial charge < -0.3 is 18.7 Å². The highest BCUT2D eigenvalue weighted by Crippen LogP contribution is 2.22. The number of hydrogen-bond acceptors (Lipinski definition) is 3. The van der Waals surface area contributed by atoms with Crippen molar-refractivity contribution in [3.05, 3.63) is 72.8 Å². The molecule has 0 aliphatic heterocycles. The molecule has 0 fully saturated rings. The first kappa shape index (κ1) is 13.3. The number of carbonyl (C=O) groups is 1. The lowest BCUT2D eigenvalue weighted by molar-refractivity contribution is -0.122. The minimum atomic E-state index is -0.147. The van der Waals surface area contributed by atoms with Crippen molar-refractivity contribution in [2.24, 2.45) is 0 Å². The number of hydrogen-bond donors (Lipinski definition) is 1. The Morgan fingerprint density at radius 2 is 1.86 bits per heavy atom. The molecule has 1 unspecified atom stereocenters. The predicted octanol–water partition coefficient (Wildman–Crippen LogP) is 2.97. The summed E-state index contributed by atoms with van der Waals surface area (Å²) >= 11 is 0. The van der Waals surface area contributed by atoms with Crippen LogP contribution in [-0.4, -0.2) is 10.5 Å². The normalized spacial score (nSPS) is 12.2. The molecule has 5 nitrogen and oxygen atoms in total. The van der Waals surface area contributed by atoms with Gasteiger partial charge in [0.25, 0.3) is 0 Å². The first-order valence-corrected chi connectivity index (χ1v) is 6.78. The molecule has 3 aromatic rings. The topological polar surface area (TPSA) is 60.3 Å². The van der Waals surface area contributed by atoms with Crippen LogP contribution in [0.3, 0.4) is 0 Å². The van der Waals surface area contributed by atoms with Gasteiger partial charge in [-0.15, -0.1) is 0 Å². The Morgan fingerprint density at radius 3 is 2.52 bits per heavy atom. The predicted molar refractivity (Wildman–Crippen MR) is 76.5 cm³/mol. The Hall–Kier alpha value is -2.69. The molecule has 0 spiro atoms. The third-order valence-corrected chi connectivity index (χ3v) is 3.28. The molecule has 3 heterocycles. The van der Waals surface area contributed by atoms with Gasteiger partial charge in [-0.2, -0.15) is 0 Å². The third kappa shape index (κ3) is 3.25. The summed E-state index contributed by atoms with van der Waals surface area (Å²) < 4.78 is 12.6. The first-order chi connectivity index (χ1) is 10.3. The van der Waals surface area contributed by atoms with Crippen LogP contribution in [0.4, 0.5) is 0 Å². The lowest BCUT2D eigenvalue weighted by Crippen LogP contribution is -2.26. The number of nitrogens with one attached hydrogen (secondary N) is 1. The highest BCUT2D eigenvalue weighted by molar-refractivity contribution is 5.76. The number of rotatable bonds is 6. The van der Waals surface area contributed by atoms with Crippen LogP contribution in [0.1, 0.15) is 24.0 Å². The van der Waals surface area contributed by atoms with E-state index in [1.807, 2.05) is 47.3 Å². The minimum Gasteiger partial charge on any atom is -0.467 e. The zero-order valence-electron chi connectivity index (χ0n) is 11.4. The van der Waals surface area contributed by atoms with Crippen molar-refractivity contribution in [1.29, 1.82) is 0 Å². The van der Waals surface area contributed by atoms with E-state index in [0.717, 1.165) is 11.5 Å². The molecule has 3 rings (SSSR count). The van der Waals surface area contributed by atoms with Crippen molar-refractivity contribution in [3.63, 3.8) is 0 Å². The van der Waals surface area contributed by atoms with Gasteiger partial charge in [-0.1, -0.05) is 0 Å². The Balaban J connectivity index is 1.66. The van der Waals surface area contributed by atoms with Gasteiger partial charge in [-0.05, 0) is 36.4 Å². The van der Waals surface area contributed by atoms with Crippen molar-refractivity contribution in [1.82, 2.24) is 9.88 Å². The summed E-state index contributed by atoms with van der Waals surface area (Å²) in [5.74, 6) is 1.44. The minimum absolute atomic E-state index is 0.0542. The van der Waals surface area contributed by atoms with E-state index in [2.05, 4.69) is 5.32 Å². The van der Waals surface area contributed by atoms with Gasteiger partial charge in [0.15, 0.2) is 0 Å². The fraction of sp³-hybridized carbons (Fsp3) is 0.188. The number of aromatic nitrogens is 1. The smallest absolute Gasteiger partial charge is 0.222 e. The first-order valence-electron chi connectivity index (χ1n) is 6.78. The van der Waals surface area contributed by atoms with Crippen LogP contribution >= 0.6 is 0 Å². The SMILES string of the molecule is O=C(CC(c1ccco1)n1cccc1)NCc1ccco1. The Kier molecular flexibility index (Phi) is 3.91. The fourth-order valence-electron chi connectivity index (χ4n) is 2.24. The fourth-order valence-corrected chi connectivity index (χ4v) is 2.24. The van der Waals surface area contributed by atoms with E-state index in [0.29, 0.717) is 13.0 Å². The summed E-state index contributed by atoms with van der Waals surface area (Å²) in [7, 11) is 0. The monoisotopic (exact) mass is 284 g/mol. The molecule has 1 atom stereocenters. The van der Waals surface area contributed by atoms with Crippen LogP contribution in [0.2, 0.25) is 0 Å². The van der Waals surface area contributed by atoms with E-state index >= 15 is 0 Å².